The Morgan fingerprint density at radius 3 is 2.42 bits per heavy atom. The number of aryl methyl sites for hydroxylation is 1. The minimum absolute atomic E-state index is 0.0255. The zero-order valence-corrected chi connectivity index (χ0v) is 12.7. The van der Waals surface area contributed by atoms with Crippen molar-refractivity contribution in [3.8, 4) is 0 Å². The van der Waals surface area contributed by atoms with E-state index in [-0.39, 0.29) is 28.7 Å². The van der Waals surface area contributed by atoms with E-state index in [1.807, 2.05) is 0 Å². The molecule has 2 heterocycles. The number of alkyl halides is 3. The van der Waals surface area contributed by atoms with Gasteiger partial charge in [0, 0.05) is 13.1 Å². The lowest BCUT2D eigenvalue weighted by Gasteiger charge is -2.12. The van der Waals surface area contributed by atoms with Crippen molar-refractivity contribution in [2.24, 2.45) is 0 Å². The van der Waals surface area contributed by atoms with Crippen molar-refractivity contribution in [1.29, 1.82) is 0 Å². The number of amides is 2. The highest BCUT2D eigenvalue weighted by atomic mass is 19.4. The molecule has 126 valence electrons. The maximum absolute atomic E-state index is 12.6. The van der Waals surface area contributed by atoms with Gasteiger partial charge in [0.1, 0.15) is 5.69 Å². The number of carbonyl (C=O) groups excluding carboxylic acids is 2. The molecule has 0 aliphatic carbocycles. The van der Waals surface area contributed by atoms with Crippen LogP contribution in [-0.2, 0) is 11.0 Å². The van der Waals surface area contributed by atoms with Crippen LogP contribution >= 0.6 is 0 Å². The number of anilines is 2. The summed E-state index contributed by atoms with van der Waals surface area (Å²) in [6.45, 7) is 2.60. The zero-order valence-electron chi connectivity index (χ0n) is 12.7. The van der Waals surface area contributed by atoms with E-state index in [2.05, 4.69) is 20.6 Å². The molecule has 2 rings (SSSR count). The van der Waals surface area contributed by atoms with Gasteiger partial charge in [-0.3, -0.25) is 9.59 Å². The van der Waals surface area contributed by atoms with Gasteiger partial charge in [-0.1, -0.05) is 0 Å². The second-order valence-electron chi connectivity index (χ2n) is 4.86. The predicted molar refractivity (Wildman–Crippen MR) is 80.5 cm³/mol. The molecule has 0 saturated heterocycles. The van der Waals surface area contributed by atoms with Crippen LogP contribution in [0.25, 0.3) is 0 Å². The van der Waals surface area contributed by atoms with E-state index >= 15 is 0 Å². The van der Waals surface area contributed by atoms with Crippen LogP contribution in [0.3, 0.4) is 0 Å². The molecule has 2 aromatic rings. The summed E-state index contributed by atoms with van der Waals surface area (Å²) in [5, 5.41) is 4.94. The molecule has 9 heteroatoms. The first-order valence-corrected chi connectivity index (χ1v) is 6.77. The molecular weight excluding hydrogens is 325 g/mol. The van der Waals surface area contributed by atoms with Gasteiger partial charge in [0.15, 0.2) is 5.82 Å². The van der Waals surface area contributed by atoms with Gasteiger partial charge in [-0.25, -0.2) is 9.97 Å². The Balaban J connectivity index is 2.27. The van der Waals surface area contributed by atoms with Crippen LogP contribution in [0.2, 0.25) is 0 Å². The molecule has 0 unspecified atom stereocenters. The first kappa shape index (κ1) is 17.4. The van der Waals surface area contributed by atoms with Gasteiger partial charge in [0.2, 0.25) is 5.91 Å². The lowest BCUT2D eigenvalue weighted by molar-refractivity contribution is -0.141. The number of aromatic nitrogens is 2. The van der Waals surface area contributed by atoms with Crippen molar-refractivity contribution >= 4 is 23.3 Å². The van der Waals surface area contributed by atoms with Gasteiger partial charge in [-0.05, 0) is 31.2 Å². The maximum Gasteiger partial charge on any atom is 0.433 e. The quantitative estimate of drug-likeness (QED) is 0.901. The third kappa shape index (κ3) is 4.06. The van der Waals surface area contributed by atoms with Crippen LogP contribution in [0.5, 0.6) is 0 Å². The largest absolute Gasteiger partial charge is 0.433 e. The second kappa shape index (κ2) is 6.65. The lowest BCUT2D eigenvalue weighted by Crippen LogP contribution is -2.18. The number of nitrogens with one attached hydrogen (secondary N) is 2. The van der Waals surface area contributed by atoms with E-state index in [1.54, 1.807) is 6.07 Å². The van der Waals surface area contributed by atoms with Crippen LogP contribution in [-0.4, -0.2) is 21.8 Å². The highest BCUT2D eigenvalue weighted by molar-refractivity contribution is 6.06. The Labute approximate surface area is 135 Å². The SMILES string of the molecule is CC(=O)Nc1cccnc1NC(=O)c1ccc(C(F)(F)F)nc1C. The smallest absolute Gasteiger partial charge is 0.323 e. The molecule has 0 saturated carbocycles. The fraction of sp³-hybridized carbons (Fsp3) is 0.200. The Hall–Kier alpha value is -2.97. The molecule has 0 radical (unpaired) electrons. The second-order valence-corrected chi connectivity index (χ2v) is 4.86. The van der Waals surface area contributed by atoms with Crippen molar-refractivity contribution in [3.05, 3.63) is 47.4 Å². The van der Waals surface area contributed by atoms with Gasteiger partial charge >= 0.3 is 6.18 Å². The zero-order chi connectivity index (χ0) is 17.9. The molecule has 2 N–H and O–H groups in total. The molecule has 0 spiro atoms. The number of halogens is 3. The number of carbonyl (C=O) groups is 2. The van der Waals surface area contributed by atoms with Crippen molar-refractivity contribution in [3.63, 3.8) is 0 Å². The van der Waals surface area contributed by atoms with Crippen molar-refractivity contribution in [2.45, 2.75) is 20.0 Å². The number of pyridine rings is 2. The number of rotatable bonds is 3. The third-order valence-electron chi connectivity index (χ3n) is 2.97. The molecule has 0 aromatic carbocycles. The molecule has 6 nitrogen and oxygen atoms in total. The fourth-order valence-electron chi connectivity index (χ4n) is 1.93. The topological polar surface area (TPSA) is 84.0 Å². The van der Waals surface area contributed by atoms with Crippen LogP contribution < -0.4 is 10.6 Å². The summed E-state index contributed by atoms with van der Waals surface area (Å²) < 4.78 is 37.8. The average Bonchev–Trinajstić information content (AvgIpc) is 2.47. The molecule has 2 aromatic heterocycles. The maximum atomic E-state index is 12.6. The van der Waals surface area contributed by atoms with Gasteiger partial charge in [0.25, 0.3) is 5.91 Å². The van der Waals surface area contributed by atoms with E-state index in [1.165, 1.54) is 26.1 Å². The molecule has 0 atom stereocenters. The first-order chi connectivity index (χ1) is 11.2. The summed E-state index contributed by atoms with van der Waals surface area (Å²) in [5.74, 6) is -0.957. The standard InChI is InChI=1S/C15H13F3N4O2/c1-8-10(5-6-12(20-8)15(16,17)18)14(24)22-13-11(21-9(2)23)4-3-7-19-13/h3-7H,1-2H3,(H,21,23)(H,19,22,24). The van der Waals surface area contributed by atoms with Crippen molar-refractivity contribution in [1.82, 2.24) is 9.97 Å². The summed E-state index contributed by atoms with van der Waals surface area (Å²) in [6, 6.07) is 4.87. The summed E-state index contributed by atoms with van der Waals surface area (Å²) in [7, 11) is 0. The summed E-state index contributed by atoms with van der Waals surface area (Å²) in [4.78, 5) is 30.7. The highest BCUT2D eigenvalue weighted by Gasteiger charge is 2.33. The van der Waals surface area contributed by atoms with Gasteiger partial charge in [0.05, 0.1) is 16.9 Å². The van der Waals surface area contributed by atoms with Crippen molar-refractivity contribution < 1.29 is 22.8 Å². The van der Waals surface area contributed by atoms with E-state index in [9.17, 15) is 22.8 Å². The highest BCUT2D eigenvalue weighted by Crippen LogP contribution is 2.28. The monoisotopic (exact) mass is 338 g/mol. The number of nitrogens with zero attached hydrogens (tertiary/aromatic N) is 2. The van der Waals surface area contributed by atoms with E-state index in [4.69, 9.17) is 0 Å². The molecule has 0 aliphatic heterocycles. The van der Waals surface area contributed by atoms with Gasteiger partial charge in [-0.2, -0.15) is 13.2 Å². The normalized spacial score (nSPS) is 11.0. The summed E-state index contributed by atoms with van der Waals surface area (Å²) >= 11 is 0. The van der Waals surface area contributed by atoms with Gasteiger partial charge in [-0.15, -0.1) is 0 Å². The number of hydrogen-bond donors (Lipinski definition) is 2. The first-order valence-electron chi connectivity index (χ1n) is 6.77. The Morgan fingerprint density at radius 1 is 1.12 bits per heavy atom. The summed E-state index contributed by atoms with van der Waals surface area (Å²) in [6.07, 6.45) is -3.18. The predicted octanol–water partition coefficient (Wildman–Crippen LogP) is 3.01. The van der Waals surface area contributed by atoms with Crippen LogP contribution in [0.4, 0.5) is 24.7 Å². The third-order valence-corrected chi connectivity index (χ3v) is 2.97. The lowest BCUT2D eigenvalue weighted by atomic mass is 10.1. The molecule has 2 amide bonds. The average molecular weight is 338 g/mol. The van der Waals surface area contributed by atoms with Gasteiger partial charge < -0.3 is 10.6 Å². The van der Waals surface area contributed by atoms with Crippen LogP contribution in [0.1, 0.15) is 28.7 Å². The molecular formula is C15H13F3N4O2. The Bertz CT molecular complexity index is 791. The van der Waals surface area contributed by atoms with E-state index in [0.29, 0.717) is 0 Å². The van der Waals surface area contributed by atoms with E-state index in [0.717, 1.165) is 12.1 Å². The Kier molecular flexibility index (Phi) is 4.82. The summed E-state index contributed by atoms with van der Waals surface area (Å²) in [5.41, 5.74) is -0.897. The fourth-order valence-corrected chi connectivity index (χ4v) is 1.93. The minimum atomic E-state index is -4.58. The molecule has 0 aliphatic rings. The number of hydrogen-bond acceptors (Lipinski definition) is 4. The molecule has 0 bridgehead atoms. The van der Waals surface area contributed by atoms with Crippen molar-refractivity contribution in [2.75, 3.05) is 10.6 Å². The molecule has 0 fully saturated rings. The Morgan fingerprint density at radius 2 is 1.83 bits per heavy atom. The minimum Gasteiger partial charge on any atom is -0.323 e. The van der Waals surface area contributed by atoms with E-state index < -0.39 is 17.8 Å². The van der Waals surface area contributed by atoms with Crippen LogP contribution in [0.15, 0.2) is 30.5 Å². The molecule has 24 heavy (non-hydrogen) atoms. The van der Waals surface area contributed by atoms with Crippen LogP contribution in [0, 0.1) is 6.92 Å².